The number of anilines is 1. The molecule has 6 nitrogen and oxygen atoms in total. The minimum atomic E-state index is 0.821. The van der Waals surface area contributed by atoms with Gasteiger partial charge in [0.2, 0.25) is 5.95 Å². The number of rotatable bonds is 8. The maximum atomic E-state index is 4.50. The molecule has 1 aromatic carbocycles. The minimum Gasteiger partial charge on any atom is -0.356 e. The number of nitrogens with zero attached hydrogens (tertiary/aromatic N) is 2. The molecule has 3 rings (SSSR count). The zero-order chi connectivity index (χ0) is 18.1. The number of aromatic amines is 2. The second-order valence-corrected chi connectivity index (χ2v) is 5.80. The Bertz CT molecular complexity index is 786. The molecule has 0 unspecified atom stereocenters. The largest absolute Gasteiger partial charge is 0.356 e. The topological polar surface area (TPSA) is 95.4 Å². The van der Waals surface area contributed by atoms with E-state index >= 15 is 0 Å². The monoisotopic (exact) mass is 340 g/mol. The van der Waals surface area contributed by atoms with Gasteiger partial charge in [0, 0.05) is 17.5 Å². The lowest BCUT2D eigenvalue weighted by molar-refractivity contribution is 0.741. The summed E-state index contributed by atoms with van der Waals surface area (Å²) in [5.74, 6) is 0.821. The quantitative estimate of drug-likeness (QED) is 0.367. The molecule has 0 spiro atoms. The number of nitrogens with two attached hydrogens (primary N) is 1. The standard InChI is InChI=1S/C18H23N5.CH5N/c1-3-13(2)6-4-5-9-19-18-20-12-17(22-18)14-7-8-16-15(10-14)11-21-23-16;1-2/h7-8,10-12H,2-6,9H2,1H3,(H,21,23)(H2,19,20,22);2H2,1H3. The van der Waals surface area contributed by atoms with Gasteiger partial charge < -0.3 is 16.0 Å². The fraction of sp³-hybridized carbons (Fsp3) is 0.368. The molecular weight excluding hydrogens is 312 g/mol. The summed E-state index contributed by atoms with van der Waals surface area (Å²) < 4.78 is 0. The highest BCUT2D eigenvalue weighted by Crippen LogP contribution is 2.22. The van der Waals surface area contributed by atoms with Gasteiger partial charge in [0.1, 0.15) is 0 Å². The molecule has 134 valence electrons. The number of hydrogen-bond donors (Lipinski definition) is 4. The van der Waals surface area contributed by atoms with Gasteiger partial charge in [-0.1, -0.05) is 25.1 Å². The van der Waals surface area contributed by atoms with Gasteiger partial charge in [0.05, 0.1) is 23.6 Å². The molecule has 3 aromatic rings. The van der Waals surface area contributed by atoms with Crippen molar-refractivity contribution in [3.05, 3.63) is 42.7 Å². The summed E-state index contributed by atoms with van der Waals surface area (Å²) in [6.07, 6.45) is 8.18. The van der Waals surface area contributed by atoms with Gasteiger partial charge in [-0.15, -0.1) is 0 Å². The fourth-order valence-corrected chi connectivity index (χ4v) is 2.55. The molecule has 0 aliphatic heterocycles. The Morgan fingerprint density at radius 2 is 2.08 bits per heavy atom. The van der Waals surface area contributed by atoms with Crippen LogP contribution in [-0.4, -0.2) is 33.8 Å². The second-order valence-electron chi connectivity index (χ2n) is 5.80. The highest BCUT2D eigenvalue weighted by Gasteiger charge is 2.05. The highest BCUT2D eigenvalue weighted by molar-refractivity contribution is 5.83. The van der Waals surface area contributed by atoms with Crippen LogP contribution in [0.2, 0.25) is 0 Å². The van der Waals surface area contributed by atoms with Crippen molar-refractivity contribution in [1.29, 1.82) is 0 Å². The summed E-state index contributed by atoms with van der Waals surface area (Å²) >= 11 is 0. The molecule has 0 atom stereocenters. The predicted molar refractivity (Wildman–Crippen MR) is 106 cm³/mol. The molecule has 0 aliphatic carbocycles. The minimum absolute atomic E-state index is 0.821. The normalized spacial score (nSPS) is 10.4. The lowest BCUT2D eigenvalue weighted by Crippen LogP contribution is -2.02. The van der Waals surface area contributed by atoms with E-state index in [1.165, 1.54) is 19.0 Å². The van der Waals surface area contributed by atoms with E-state index in [1.54, 1.807) is 0 Å². The van der Waals surface area contributed by atoms with Crippen LogP contribution in [0.3, 0.4) is 0 Å². The van der Waals surface area contributed by atoms with E-state index in [0.717, 1.165) is 53.9 Å². The van der Waals surface area contributed by atoms with Crippen molar-refractivity contribution < 1.29 is 0 Å². The third kappa shape index (κ3) is 5.19. The Balaban J connectivity index is 0.00000109. The number of unbranched alkanes of at least 4 members (excludes halogenated alkanes) is 1. The zero-order valence-electron chi connectivity index (χ0n) is 15.1. The van der Waals surface area contributed by atoms with E-state index in [2.05, 4.69) is 56.9 Å². The molecule has 6 heteroatoms. The van der Waals surface area contributed by atoms with Crippen LogP contribution in [-0.2, 0) is 0 Å². The molecular formula is C19H28N6. The van der Waals surface area contributed by atoms with Gasteiger partial charge in [-0.2, -0.15) is 5.10 Å². The van der Waals surface area contributed by atoms with Crippen molar-refractivity contribution in [3.8, 4) is 11.3 Å². The summed E-state index contributed by atoms with van der Waals surface area (Å²) in [6.45, 7) is 7.12. The third-order valence-corrected chi connectivity index (χ3v) is 4.08. The number of benzene rings is 1. The van der Waals surface area contributed by atoms with Crippen LogP contribution in [0, 0.1) is 0 Å². The zero-order valence-corrected chi connectivity index (χ0v) is 15.1. The SMILES string of the molecule is C=C(CC)CCCCNc1ncc(-c2ccc3[nH]ncc3c2)[nH]1.CN. The van der Waals surface area contributed by atoms with E-state index in [9.17, 15) is 0 Å². The van der Waals surface area contributed by atoms with Crippen LogP contribution in [0.25, 0.3) is 22.2 Å². The molecule has 0 saturated carbocycles. The summed E-state index contributed by atoms with van der Waals surface area (Å²) in [5.41, 5.74) is 8.99. The van der Waals surface area contributed by atoms with Gasteiger partial charge in [0.25, 0.3) is 0 Å². The summed E-state index contributed by atoms with van der Waals surface area (Å²) in [7, 11) is 1.50. The van der Waals surface area contributed by atoms with Crippen LogP contribution >= 0.6 is 0 Å². The Hall–Kier alpha value is -2.60. The van der Waals surface area contributed by atoms with E-state index in [1.807, 2.05) is 18.5 Å². The van der Waals surface area contributed by atoms with E-state index in [-0.39, 0.29) is 0 Å². The number of fused-ring (bicyclic) bond motifs is 1. The first-order chi connectivity index (χ1) is 12.3. The smallest absolute Gasteiger partial charge is 0.200 e. The molecule has 0 fully saturated rings. The molecule has 0 aliphatic rings. The Morgan fingerprint density at radius 3 is 2.88 bits per heavy atom. The van der Waals surface area contributed by atoms with Crippen LogP contribution in [0.4, 0.5) is 5.95 Å². The van der Waals surface area contributed by atoms with Crippen molar-refractivity contribution in [2.75, 3.05) is 18.9 Å². The summed E-state index contributed by atoms with van der Waals surface area (Å²) in [4.78, 5) is 7.73. The number of nitrogens with one attached hydrogen (secondary N) is 3. The molecule has 5 N–H and O–H groups in total. The van der Waals surface area contributed by atoms with Crippen molar-refractivity contribution in [3.63, 3.8) is 0 Å². The van der Waals surface area contributed by atoms with Gasteiger partial charge in [-0.3, -0.25) is 5.10 Å². The summed E-state index contributed by atoms with van der Waals surface area (Å²) in [6, 6.07) is 6.20. The number of imidazole rings is 1. The van der Waals surface area contributed by atoms with E-state index in [0.29, 0.717) is 0 Å². The number of allylic oxidation sites excluding steroid dienone is 1. The van der Waals surface area contributed by atoms with E-state index in [4.69, 9.17) is 0 Å². The molecule has 25 heavy (non-hydrogen) atoms. The van der Waals surface area contributed by atoms with Gasteiger partial charge >= 0.3 is 0 Å². The van der Waals surface area contributed by atoms with E-state index < -0.39 is 0 Å². The fourth-order valence-electron chi connectivity index (χ4n) is 2.55. The Morgan fingerprint density at radius 1 is 1.24 bits per heavy atom. The van der Waals surface area contributed by atoms with Gasteiger partial charge in [-0.05, 0) is 44.9 Å². The average Bonchev–Trinajstić information content (AvgIpc) is 3.31. The van der Waals surface area contributed by atoms with Crippen LogP contribution in [0.15, 0.2) is 42.7 Å². The van der Waals surface area contributed by atoms with Crippen molar-refractivity contribution in [2.24, 2.45) is 5.73 Å². The molecule has 2 aromatic heterocycles. The first-order valence-corrected chi connectivity index (χ1v) is 8.73. The summed E-state index contributed by atoms with van der Waals surface area (Å²) in [5, 5.41) is 11.5. The van der Waals surface area contributed by atoms with Crippen LogP contribution in [0.5, 0.6) is 0 Å². The van der Waals surface area contributed by atoms with Gasteiger partial charge in [0.15, 0.2) is 0 Å². The molecule has 0 amide bonds. The number of H-pyrrole nitrogens is 2. The molecule has 0 bridgehead atoms. The van der Waals surface area contributed by atoms with Crippen molar-refractivity contribution in [2.45, 2.75) is 32.6 Å². The van der Waals surface area contributed by atoms with Crippen LogP contribution < -0.4 is 11.1 Å². The van der Waals surface area contributed by atoms with Crippen molar-refractivity contribution >= 4 is 16.9 Å². The number of hydrogen-bond acceptors (Lipinski definition) is 4. The Labute approximate surface area is 148 Å². The van der Waals surface area contributed by atoms with Crippen LogP contribution in [0.1, 0.15) is 32.6 Å². The Kier molecular flexibility index (Phi) is 7.22. The highest BCUT2D eigenvalue weighted by atomic mass is 15.1. The van der Waals surface area contributed by atoms with Crippen molar-refractivity contribution in [1.82, 2.24) is 20.2 Å². The third-order valence-electron chi connectivity index (χ3n) is 4.08. The maximum Gasteiger partial charge on any atom is 0.200 e. The molecule has 0 saturated heterocycles. The molecule has 2 heterocycles. The van der Waals surface area contributed by atoms with Gasteiger partial charge in [-0.25, -0.2) is 4.98 Å². The lowest BCUT2D eigenvalue weighted by Gasteiger charge is -2.04. The maximum absolute atomic E-state index is 4.50. The lowest BCUT2D eigenvalue weighted by atomic mass is 10.1. The first kappa shape index (κ1) is 18.7. The number of aromatic nitrogens is 4. The molecule has 0 radical (unpaired) electrons. The average molecular weight is 340 g/mol. The second kappa shape index (κ2) is 9.64. The first-order valence-electron chi connectivity index (χ1n) is 8.73. The predicted octanol–water partition coefficient (Wildman–Crippen LogP) is 4.08.